The zero-order valence-electron chi connectivity index (χ0n) is 16.9. The number of anilines is 1. The first-order valence-electron chi connectivity index (χ1n) is 9.48. The molecule has 0 radical (unpaired) electrons. The summed E-state index contributed by atoms with van der Waals surface area (Å²) in [6, 6.07) is 17.3. The maximum atomic E-state index is 12.4. The first-order valence-corrected chi connectivity index (χ1v) is 10.4. The van der Waals surface area contributed by atoms with Crippen molar-refractivity contribution in [3.8, 4) is 0 Å². The topological polar surface area (TPSA) is 71.1 Å². The molecule has 0 aliphatic heterocycles. The average molecular weight is 408 g/mol. The van der Waals surface area contributed by atoms with Crippen LogP contribution in [-0.2, 0) is 16.6 Å². The molecule has 0 saturated carbocycles. The minimum atomic E-state index is -0.212. The molecule has 1 heterocycles. The van der Waals surface area contributed by atoms with Gasteiger partial charge in [-0.2, -0.15) is 0 Å². The van der Waals surface area contributed by atoms with Gasteiger partial charge < -0.3 is 5.32 Å². The summed E-state index contributed by atoms with van der Waals surface area (Å²) in [4.78, 5) is 28.9. The molecule has 1 aromatic heterocycles. The van der Waals surface area contributed by atoms with Gasteiger partial charge in [-0.25, -0.2) is 4.98 Å². The van der Waals surface area contributed by atoms with Gasteiger partial charge in [0.15, 0.2) is 5.13 Å². The zero-order valence-corrected chi connectivity index (χ0v) is 17.7. The number of thiazole rings is 1. The van der Waals surface area contributed by atoms with Crippen LogP contribution < -0.4 is 10.6 Å². The van der Waals surface area contributed by atoms with Crippen LogP contribution in [0.15, 0.2) is 60.0 Å². The van der Waals surface area contributed by atoms with Gasteiger partial charge in [-0.3, -0.25) is 14.9 Å². The highest BCUT2D eigenvalue weighted by atomic mass is 32.1. The van der Waals surface area contributed by atoms with Gasteiger partial charge in [0.05, 0.1) is 12.1 Å². The van der Waals surface area contributed by atoms with Gasteiger partial charge in [0.1, 0.15) is 0 Å². The van der Waals surface area contributed by atoms with E-state index in [1.54, 1.807) is 17.5 Å². The van der Waals surface area contributed by atoms with Crippen molar-refractivity contribution in [2.24, 2.45) is 0 Å². The summed E-state index contributed by atoms with van der Waals surface area (Å²) < 4.78 is 0. The van der Waals surface area contributed by atoms with E-state index in [0.29, 0.717) is 22.9 Å². The van der Waals surface area contributed by atoms with E-state index >= 15 is 0 Å². The van der Waals surface area contributed by atoms with E-state index in [1.807, 2.05) is 24.3 Å². The maximum absolute atomic E-state index is 12.4. The minimum Gasteiger partial charge on any atom is -0.355 e. The van der Waals surface area contributed by atoms with E-state index < -0.39 is 0 Å². The number of benzene rings is 2. The Balaban J connectivity index is 1.53. The molecule has 0 fully saturated rings. The van der Waals surface area contributed by atoms with Crippen molar-refractivity contribution >= 4 is 28.3 Å². The first kappa shape index (κ1) is 20.7. The fourth-order valence-corrected chi connectivity index (χ4v) is 3.62. The summed E-state index contributed by atoms with van der Waals surface area (Å²) in [5.74, 6) is -0.298. The molecule has 2 N–H and O–H groups in total. The fourth-order valence-electron chi connectivity index (χ4n) is 2.92. The summed E-state index contributed by atoms with van der Waals surface area (Å²) >= 11 is 1.31. The Hall–Kier alpha value is -2.99. The lowest BCUT2D eigenvalue weighted by Crippen LogP contribution is -2.37. The highest BCUT2D eigenvalue weighted by Gasteiger charge is 2.22. The van der Waals surface area contributed by atoms with Crippen LogP contribution >= 0.6 is 11.3 Å². The largest absolute Gasteiger partial charge is 0.355 e. The molecule has 3 rings (SSSR count). The lowest BCUT2D eigenvalue weighted by atomic mass is 9.84. The molecule has 0 aliphatic carbocycles. The summed E-state index contributed by atoms with van der Waals surface area (Å²) in [6.45, 7) is 6.83. The first-order chi connectivity index (χ1) is 13.8. The van der Waals surface area contributed by atoms with Crippen molar-refractivity contribution in [1.82, 2.24) is 10.3 Å². The number of carbonyl (C=O) groups is 2. The molecular weight excluding hydrogens is 382 g/mol. The number of aryl methyl sites for hydroxylation is 1. The molecule has 150 valence electrons. The Labute approximate surface area is 175 Å². The van der Waals surface area contributed by atoms with E-state index in [1.165, 1.54) is 22.5 Å². The molecule has 3 aromatic rings. The van der Waals surface area contributed by atoms with Gasteiger partial charge >= 0.3 is 0 Å². The standard InChI is InChI=1S/C23H25N3O2S/c1-16-8-7-11-18(12-16)23(2,3)15-24-20(27)13-19-14-29-22(25-19)26-21(28)17-9-5-4-6-10-17/h4-12,14H,13,15H2,1-3H3,(H,24,27)(H,25,26,28). The van der Waals surface area contributed by atoms with Crippen molar-refractivity contribution in [3.63, 3.8) is 0 Å². The third-order valence-corrected chi connectivity index (χ3v) is 5.48. The van der Waals surface area contributed by atoms with Gasteiger partial charge in [0.2, 0.25) is 5.91 Å². The molecule has 0 aliphatic rings. The molecule has 0 atom stereocenters. The second-order valence-electron chi connectivity index (χ2n) is 7.67. The number of hydrogen-bond acceptors (Lipinski definition) is 4. The molecule has 6 heteroatoms. The minimum absolute atomic E-state index is 0.0861. The van der Waals surface area contributed by atoms with Crippen molar-refractivity contribution < 1.29 is 9.59 Å². The second-order valence-corrected chi connectivity index (χ2v) is 8.53. The van der Waals surface area contributed by atoms with Crippen molar-refractivity contribution in [3.05, 3.63) is 82.4 Å². The van der Waals surface area contributed by atoms with E-state index in [2.05, 4.69) is 54.6 Å². The molecular formula is C23H25N3O2S. The smallest absolute Gasteiger partial charge is 0.257 e. The van der Waals surface area contributed by atoms with E-state index in [0.717, 1.165) is 0 Å². The van der Waals surface area contributed by atoms with Gasteiger partial charge in [-0.05, 0) is 24.6 Å². The van der Waals surface area contributed by atoms with Crippen LogP contribution in [0.5, 0.6) is 0 Å². The Morgan fingerprint density at radius 1 is 1.07 bits per heavy atom. The van der Waals surface area contributed by atoms with Crippen LogP contribution in [0, 0.1) is 6.92 Å². The summed E-state index contributed by atoms with van der Waals surface area (Å²) in [6.07, 6.45) is 0.182. The number of aromatic nitrogens is 1. The predicted octanol–water partition coefficient (Wildman–Crippen LogP) is 4.34. The quantitative estimate of drug-likeness (QED) is 0.612. The van der Waals surface area contributed by atoms with Crippen LogP contribution in [0.3, 0.4) is 0 Å². The predicted molar refractivity (Wildman–Crippen MR) is 117 cm³/mol. The lowest BCUT2D eigenvalue weighted by Gasteiger charge is -2.26. The summed E-state index contributed by atoms with van der Waals surface area (Å²) in [5.41, 5.74) is 3.44. The fraction of sp³-hybridized carbons (Fsp3) is 0.261. The van der Waals surface area contributed by atoms with Crippen molar-refractivity contribution in [1.29, 1.82) is 0 Å². The summed E-state index contributed by atoms with van der Waals surface area (Å²) in [7, 11) is 0. The monoisotopic (exact) mass is 407 g/mol. The van der Waals surface area contributed by atoms with Gasteiger partial charge in [0, 0.05) is 22.9 Å². The highest BCUT2D eigenvalue weighted by molar-refractivity contribution is 7.14. The summed E-state index contributed by atoms with van der Waals surface area (Å²) in [5, 5.41) is 8.06. The van der Waals surface area contributed by atoms with Gasteiger partial charge in [-0.1, -0.05) is 61.9 Å². The van der Waals surface area contributed by atoms with Crippen LogP contribution in [0.2, 0.25) is 0 Å². The zero-order chi connectivity index (χ0) is 20.9. The lowest BCUT2D eigenvalue weighted by molar-refractivity contribution is -0.120. The molecule has 5 nitrogen and oxygen atoms in total. The van der Waals surface area contributed by atoms with Crippen LogP contribution in [0.4, 0.5) is 5.13 Å². The maximum Gasteiger partial charge on any atom is 0.257 e. The number of hydrogen-bond donors (Lipinski definition) is 2. The van der Waals surface area contributed by atoms with Gasteiger partial charge in [0.25, 0.3) is 5.91 Å². The number of rotatable bonds is 7. The number of nitrogens with zero attached hydrogens (tertiary/aromatic N) is 1. The van der Waals surface area contributed by atoms with E-state index in [4.69, 9.17) is 0 Å². The Morgan fingerprint density at radius 3 is 2.55 bits per heavy atom. The number of carbonyl (C=O) groups excluding carboxylic acids is 2. The molecule has 0 saturated heterocycles. The van der Waals surface area contributed by atoms with Crippen LogP contribution in [-0.4, -0.2) is 23.3 Å². The molecule has 2 aromatic carbocycles. The SMILES string of the molecule is Cc1cccc(C(C)(C)CNC(=O)Cc2csc(NC(=O)c3ccccc3)n2)c1. The molecule has 2 amide bonds. The Kier molecular flexibility index (Phi) is 6.44. The van der Waals surface area contributed by atoms with E-state index in [9.17, 15) is 9.59 Å². The third kappa shape index (κ3) is 5.74. The molecule has 0 bridgehead atoms. The number of nitrogens with one attached hydrogen (secondary N) is 2. The van der Waals surface area contributed by atoms with Gasteiger partial charge in [-0.15, -0.1) is 11.3 Å². The highest BCUT2D eigenvalue weighted by Crippen LogP contribution is 2.23. The van der Waals surface area contributed by atoms with Crippen molar-refractivity contribution in [2.75, 3.05) is 11.9 Å². The van der Waals surface area contributed by atoms with Crippen LogP contribution in [0.1, 0.15) is 41.0 Å². The second kappa shape index (κ2) is 9.01. The Bertz CT molecular complexity index is 996. The molecule has 0 spiro atoms. The van der Waals surface area contributed by atoms with E-state index in [-0.39, 0.29) is 23.7 Å². The number of amides is 2. The molecule has 29 heavy (non-hydrogen) atoms. The van der Waals surface area contributed by atoms with Crippen molar-refractivity contribution in [2.45, 2.75) is 32.6 Å². The average Bonchev–Trinajstić information content (AvgIpc) is 3.14. The third-order valence-electron chi connectivity index (χ3n) is 4.68. The normalized spacial score (nSPS) is 11.1. The Morgan fingerprint density at radius 2 is 1.83 bits per heavy atom. The van der Waals surface area contributed by atoms with Crippen LogP contribution in [0.25, 0.3) is 0 Å². The molecule has 0 unspecified atom stereocenters.